The first kappa shape index (κ1) is 11.7. The molecule has 0 heterocycles. The number of hydrogen-bond acceptors (Lipinski definition) is 3. The highest BCUT2D eigenvalue weighted by atomic mass is 16.5. The summed E-state index contributed by atoms with van der Waals surface area (Å²) in [5.74, 6) is -0.478. The van der Waals surface area contributed by atoms with E-state index in [1.54, 1.807) is 31.2 Å². The predicted octanol–water partition coefficient (Wildman–Crippen LogP) is -0.106. The number of benzene rings is 1. The van der Waals surface area contributed by atoms with Crippen LogP contribution in [0.3, 0.4) is 0 Å². The van der Waals surface area contributed by atoms with E-state index in [0.717, 1.165) is 0 Å². The summed E-state index contributed by atoms with van der Waals surface area (Å²) in [5.41, 5.74) is 4.28. The Morgan fingerprint density at radius 3 is 2.60 bits per heavy atom. The minimum Gasteiger partial charge on any atom is -0.462 e. The monoisotopic (exact) mass is 210 g/mol. The van der Waals surface area contributed by atoms with Crippen LogP contribution >= 0.6 is 0 Å². The molecule has 4 N–H and O–H groups in total. The molecule has 0 unspecified atom stereocenters. The van der Waals surface area contributed by atoms with E-state index in [2.05, 4.69) is 5.73 Å². The molecule has 0 radical (unpaired) electrons. The summed E-state index contributed by atoms with van der Waals surface area (Å²) in [7, 11) is 0. The molecule has 0 aliphatic carbocycles. The van der Waals surface area contributed by atoms with Crippen molar-refractivity contribution in [2.24, 2.45) is 0 Å². The standard InChI is InChI=1S/C11H15NO3/c1-2-15-11(14)9(12)10(13)8-6-4-3-5-7-8/h3-7,9-10,13H,2,12H2,1H3/p+1/t9-,10+/m0/s1. The highest BCUT2D eigenvalue weighted by Gasteiger charge is 2.28. The van der Waals surface area contributed by atoms with Gasteiger partial charge in [0.2, 0.25) is 6.04 Å². The maximum atomic E-state index is 11.3. The predicted molar refractivity (Wildman–Crippen MR) is 54.7 cm³/mol. The van der Waals surface area contributed by atoms with E-state index in [4.69, 9.17) is 4.74 Å². The van der Waals surface area contributed by atoms with Gasteiger partial charge in [0.05, 0.1) is 6.61 Å². The molecule has 0 amide bonds. The van der Waals surface area contributed by atoms with Gasteiger partial charge in [-0.05, 0) is 12.5 Å². The molecular weight excluding hydrogens is 194 g/mol. The SMILES string of the molecule is CCOC(=O)[C@@H]([NH3+])[C@H](O)c1ccccc1. The summed E-state index contributed by atoms with van der Waals surface area (Å²) in [6, 6.07) is 8.17. The van der Waals surface area contributed by atoms with Gasteiger partial charge in [0.1, 0.15) is 6.10 Å². The first-order chi connectivity index (χ1) is 7.16. The van der Waals surface area contributed by atoms with E-state index in [0.29, 0.717) is 12.2 Å². The fourth-order valence-electron chi connectivity index (χ4n) is 1.26. The maximum absolute atomic E-state index is 11.3. The smallest absolute Gasteiger partial charge is 0.367 e. The summed E-state index contributed by atoms with van der Waals surface area (Å²) in [4.78, 5) is 11.3. The van der Waals surface area contributed by atoms with Gasteiger partial charge in [-0.1, -0.05) is 30.3 Å². The van der Waals surface area contributed by atoms with E-state index < -0.39 is 18.1 Å². The maximum Gasteiger partial charge on any atom is 0.367 e. The largest absolute Gasteiger partial charge is 0.462 e. The lowest BCUT2D eigenvalue weighted by Crippen LogP contribution is -2.68. The van der Waals surface area contributed by atoms with Crippen LogP contribution in [0, 0.1) is 0 Å². The number of hydrogen-bond donors (Lipinski definition) is 2. The number of esters is 1. The quantitative estimate of drug-likeness (QED) is 0.681. The van der Waals surface area contributed by atoms with Crippen LogP contribution in [0.1, 0.15) is 18.6 Å². The fourth-order valence-corrected chi connectivity index (χ4v) is 1.26. The summed E-state index contributed by atoms with van der Waals surface area (Å²) in [6.45, 7) is 2.02. The average molecular weight is 210 g/mol. The van der Waals surface area contributed by atoms with Crippen LogP contribution in [0.2, 0.25) is 0 Å². The van der Waals surface area contributed by atoms with Gasteiger partial charge in [0, 0.05) is 0 Å². The Balaban J connectivity index is 2.68. The topological polar surface area (TPSA) is 74.2 Å². The van der Waals surface area contributed by atoms with Crippen molar-refractivity contribution in [1.29, 1.82) is 0 Å². The molecule has 1 aromatic carbocycles. The van der Waals surface area contributed by atoms with Crippen molar-refractivity contribution in [3.05, 3.63) is 35.9 Å². The van der Waals surface area contributed by atoms with Crippen LogP contribution in [-0.4, -0.2) is 23.7 Å². The molecule has 0 saturated heterocycles. The second-order valence-electron chi connectivity index (χ2n) is 3.21. The Bertz CT molecular complexity index is 313. The normalized spacial score (nSPS) is 14.3. The molecule has 15 heavy (non-hydrogen) atoms. The molecule has 4 heteroatoms. The Morgan fingerprint density at radius 1 is 1.47 bits per heavy atom. The van der Waals surface area contributed by atoms with Gasteiger partial charge in [0.15, 0.2) is 0 Å². The number of aliphatic hydroxyl groups is 1. The van der Waals surface area contributed by atoms with Crippen LogP contribution in [0.25, 0.3) is 0 Å². The van der Waals surface area contributed by atoms with E-state index in [1.807, 2.05) is 6.07 Å². The van der Waals surface area contributed by atoms with Crippen LogP contribution in [0.5, 0.6) is 0 Å². The van der Waals surface area contributed by atoms with Crippen molar-refractivity contribution in [1.82, 2.24) is 0 Å². The van der Waals surface area contributed by atoms with Gasteiger partial charge in [-0.15, -0.1) is 0 Å². The molecular formula is C11H16NO3+. The lowest BCUT2D eigenvalue weighted by molar-refractivity contribution is -0.426. The fraction of sp³-hybridized carbons (Fsp3) is 0.364. The van der Waals surface area contributed by atoms with Crippen molar-refractivity contribution in [2.75, 3.05) is 6.61 Å². The van der Waals surface area contributed by atoms with Gasteiger partial charge >= 0.3 is 5.97 Å². The molecule has 1 rings (SSSR count). The third-order valence-corrected chi connectivity index (χ3v) is 2.11. The molecule has 1 aromatic rings. The third kappa shape index (κ3) is 3.04. The van der Waals surface area contributed by atoms with Crippen molar-refractivity contribution in [3.8, 4) is 0 Å². The summed E-state index contributed by atoms with van der Waals surface area (Å²) >= 11 is 0. The number of aliphatic hydroxyl groups excluding tert-OH is 1. The highest BCUT2D eigenvalue weighted by molar-refractivity contribution is 5.74. The van der Waals surface area contributed by atoms with Crippen molar-refractivity contribution in [3.63, 3.8) is 0 Å². The molecule has 0 aromatic heterocycles. The van der Waals surface area contributed by atoms with Gasteiger partial charge in [-0.2, -0.15) is 0 Å². The second kappa shape index (κ2) is 5.48. The van der Waals surface area contributed by atoms with Crippen LogP contribution in [0.15, 0.2) is 30.3 Å². The Labute approximate surface area is 88.7 Å². The van der Waals surface area contributed by atoms with Gasteiger partial charge in [-0.25, -0.2) is 4.79 Å². The van der Waals surface area contributed by atoms with Crippen LogP contribution < -0.4 is 5.73 Å². The summed E-state index contributed by atoms with van der Waals surface area (Å²) in [6.07, 6.45) is -0.912. The minimum absolute atomic E-state index is 0.298. The molecule has 0 saturated carbocycles. The highest BCUT2D eigenvalue weighted by Crippen LogP contribution is 2.14. The molecule has 0 aliphatic heterocycles. The Kier molecular flexibility index (Phi) is 4.27. The molecule has 0 aliphatic rings. The molecule has 2 atom stereocenters. The Morgan fingerprint density at radius 2 is 2.07 bits per heavy atom. The zero-order chi connectivity index (χ0) is 11.3. The number of carbonyl (C=O) groups excluding carboxylic acids is 1. The zero-order valence-corrected chi connectivity index (χ0v) is 8.72. The molecule has 4 nitrogen and oxygen atoms in total. The minimum atomic E-state index is -0.912. The van der Waals surface area contributed by atoms with E-state index in [1.165, 1.54) is 0 Å². The van der Waals surface area contributed by atoms with E-state index in [-0.39, 0.29) is 0 Å². The first-order valence-corrected chi connectivity index (χ1v) is 4.89. The Hall–Kier alpha value is -1.39. The van der Waals surface area contributed by atoms with Crippen molar-refractivity contribution in [2.45, 2.75) is 19.1 Å². The average Bonchev–Trinajstić information content (AvgIpc) is 2.28. The lowest BCUT2D eigenvalue weighted by atomic mass is 10.0. The first-order valence-electron chi connectivity index (χ1n) is 4.89. The third-order valence-electron chi connectivity index (χ3n) is 2.11. The molecule has 0 bridgehead atoms. The molecule has 82 valence electrons. The second-order valence-corrected chi connectivity index (χ2v) is 3.21. The summed E-state index contributed by atoms with van der Waals surface area (Å²) < 4.78 is 4.78. The van der Waals surface area contributed by atoms with Crippen LogP contribution in [0.4, 0.5) is 0 Å². The van der Waals surface area contributed by atoms with E-state index >= 15 is 0 Å². The molecule has 0 spiro atoms. The number of rotatable bonds is 4. The zero-order valence-electron chi connectivity index (χ0n) is 8.72. The number of ether oxygens (including phenoxy) is 1. The van der Waals surface area contributed by atoms with Gasteiger partial charge in [-0.3, -0.25) is 0 Å². The van der Waals surface area contributed by atoms with Gasteiger partial charge in [0.25, 0.3) is 0 Å². The van der Waals surface area contributed by atoms with Crippen molar-refractivity contribution < 1.29 is 20.4 Å². The van der Waals surface area contributed by atoms with E-state index in [9.17, 15) is 9.90 Å². The lowest BCUT2D eigenvalue weighted by Gasteiger charge is -2.14. The van der Waals surface area contributed by atoms with Crippen LogP contribution in [-0.2, 0) is 9.53 Å². The number of quaternary nitrogens is 1. The number of carbonyl (C=O) groups is 1. The summed E-state index contributed by atoms with van der Waals surface area (Å²) in [5, 5.41) is 9.82. The molecule has 0 fully saturated rings. The van der Waals surface area contributed by atoms with Crippen molar-refractivity contribution >= 4 is 5.97 Å². The van der Waals surface area contributed by atoms with Gasteiger partial charge < -0.3 is 15.6 Å².